The molecule has 1 aromatic rings. The minimum Gasteiger partial charge on any atom is -0.490 e. The lowest BCUT2D eigenvalue weighted by Crippen LogP contribution is -2.28. The van der Waals surface area contributed by atoms with Gasteiger partial charge in [-0.15, -0.1) is 0 Å². The van der Waals surface area contributed by atoms with Crippen LogP contribution in [0.3, 0.4) is 0 Å². The topological polar surface area (TPSA) is 41.6 Å². The predicted molar refractivity (Wildman–Crippen MR) is 92.0 cm³/mol. The van der Waals surface area contributed by atoms with E-state index in [-0.39, 0.29) is 6.10 Å². The summed E-state index contributed by atoms with van der Waals surface area (Å²) in [6.45, 7) is 7.60. The van der Waals surface area contributed by atoms with Crippen LogP contribution in [0, 0.1) is 0 Å². The van der Waals surface area contributed by atoms with Gasteiger partial charge in [-0.3, -0.25) is 4.79 Å². The van der Waals surface area contributed by atoms with Crippen LogP contribution in [0.5, 0.6) is 5.75 Å². The van der Waals surface area contributed by atoms with Gasteiger partial charge in [-0.05, 0) is 66.9 Å². The number of carbonyl (C=O) groups excluding carboxylic acids is 1. The predicted octanol–water partition coefficient (Wildman–Crippen LogP) is 3.34. The minimum absolute atomic E-state index is 0.175. The van der Waals surface area contributed by atoms with E-state index in [0.717, 1.165) is 55.7 Å². The van der Waals surface area contributed by atoms with Gasteiger partial charge < -0.3 is 15.0 Å². The van der Waals surface area contributed by atoms with E-state index in [4.69, 9.17) is 4.74 Å². The van der Waals surface area contributed by atoms with Crippen LogP contribution in [0.2, 0.25) is 0 Å². The second kappa shape index (κ2) is 8.53. The van der Waals surface area contributed by atoms with E-state index in [1.54, 1.807) is 0 Å². The Labute approximate surface area is 141 Å². The van der Waals surface area contributed by atoms with Crippen LogP contribution in [0.4, 0.5) is 0 Å². The molecular weight excluding hydrogens is 344 g/mol. The normalized spacial score (nSPS) is 14.9. The lowest BCUT2D eigenvalue weighted by Gasteiger charge is -2.15. The van der Waals surface area contributed by atoms with Crippen LogP contribution < -0.4 is 10.1 Å². The number of nitrogens with one attached hydrogen (secondary N) is 1. The highest BCUT2D eigenvalue weighted by Gasteiger charge is 2.18. The van der Waals surface area contributed by atoms with Gasteiger partial charge in [0.15, 0.2) is 0 Å². The van der Waals surface area contributed by atoms with Crippen molar-refractivity contribution >= 4 is 21.8 Å². The van der Waals surface area contributed by atoms with Crippen molar-refractivity contribution in [1.82, 2.24) is 10.2 Å². The molecule has 5 heteroatoms. The molecule has 0 aliphatic carbocycles. The van der Waals surface area contributed by atoms with Crippen LogP contribution >= 0.6 is 15.9 Å². The number of ether oxygens (including phenoxy) is 1. The molecule has 0 saturated carbocycles. The zero-order chi connectivity index (χ0) is 15.9. The fourth-order valence-electron chi connectivity index (χ4n) is 2.57. The molecule has 1 saturated heterocycles. The third-order valence-electron chi connectivity index (χ3n) is 3.64. The number of benzene rings is 1. The summed E-state index contributed by atoms with van der Waals surface area (Å²) >= 11 is 3.55. The highest BCUT2D eigenvalue weighted by Crippen LogP contribution is 2.26. The molecular formula is C17H25BrN2O2. The molecule has 1 N–H and O–H groups in total. The van der Waals surface area contributed by atoms with E-state index in [0.29, 0.717) is 5.91 Å². The van der Waals surface area contributed by atoms with Crippen molar-refractivity contribution in [3.05, 3.63) is 28.2 Å². The molecule has 0 atom stereocenters. The lowest BCUT2D eigenvalue weighted by molar-refractivity contribution is -0.127. The Balaban J connectivity index is 1.68. The molecule has 2 rings (SSSR count). The highest BCUT2D eigenvalue weighted by atomic mass is 79.9. The maximum atomic E-state index is 11.5. The largest absolute Gasteiger partial charge is 0.490 e. The first-order valence-electron chi connectivity index (χ1n) is 8.00. The van der Waals surface area contributed by atoms with Gasteiger partial charge in [0.05, 0.1) is 10.6 Å². The maximum absolute atomic E-state index is 11.5. The van der Waals surface area contributed by atoms with Crippen molar-refractivity contribution in [3.8, 4) is 5.75 Å². The Hall–Kier alpha value is -1.07. The molecule has 0 spiro atoms. The molecule has 1 aliphatic rings. The first kappa shape index (κ1) is 17.3. The standard InChI is InChI=1S/C17H25BrN2O2/c1-13(2)22-16-7-6-14(11-15(16)18)12-19-8-4-10-20-9-3-5-17(20)21/h6-7,11,13,19H,3-5,8-10,12H2,1-2H3. The van der Waals surface area contributed by atoms with Crippen molar-refractivity contribution in [2.75, 3.05) is 19.6 Å². The molecule has 22 heavy (non-hydrogen) atoms. The Bertz CT molecular complexity index is 505. The highest BCUT2D eigenvalue weighted by molar-refractivity contribution is 9.10. The molecule has 1 fully saturated rings. The molecule has 122 valence electrons. The second-order valence-electron chi connectivity index (χ2n) is 5.95. The summed E-state index contributed by atoms with van der Waals surface area (Å²) in [7, 11) is 0. The maximum Gasteiger partial charge on any atom is 0.222 e. The van der Waals surface area contributed by atoms with Gasteiger partial charge in [-0.25, -0.2) is 0 Å². The molecule has 1 amide bonds. The van der Waals surface area contributed by atoms with Gasteiger partial charge in [0.25, 0.3) is 0 Å². The summed E-state index contributed by atoms with van der Waals surface area (Å²) < 4.78 is 6.69. The fraction of sp³-hybridized carbons (Fsp3) is 0.588. The van der Waals surface area contributed by atoms with E-state index >= 15 is 0 Å². The van der Waals surface area contributed by atoms with Gasteiger partial charge in [-0.2, -0.15) is 0 Å². The van der Waals surface area contributed by atoms with Crippen LogP contribution in [0.15, 0.2) is 22.7 Å². The quantitative estimate of drug-likeness (QED) is 0.715. The average Bonchev–Trinajstić information content (AvgIpc) is 2.86. The van der Waals surface area contributed by atoms with Gasteiger partial charge in [0.2, 0.25) is 5.91 Å². The zero-order valence-electron chi connectivity index (χ0n) is 13.4. The van der Waals surface area contributed by atoms with Crippen molar-refractivity contribution in [2.24, 2.45) is 0 Å². The minimum atomic E-state index is 0.175. The fourth-order valence-corrected chi connectivity index (χ4v) is 3.09. The third-order valence-corrected chi connectivity index (χ3v) is 4.26. The average molecular weight is 369 g/mol. The van der Waals surface area contributed by atoms with Crippen LogP contribution in [-0.4, -0.2) is 36.5 Å². The van der Waals surface area contributed by atoms with Crippen molar-refractivity contribution in [2.45, 2.75) is 45.8 Å². The van der Waals surface area contributed by atoms with Crippen LogP contribution in [-0.2, 0) is 11.3 Å². The van der Waals surface area contributed by atoms with Crippen molar-refractivity contribution < 1.29 is 9.53 Å². The Kier molecular flexibility index (Phi) is 6.70. The van der Waals surface area contributed by atoms with Crippen molar-refractivity contribution in [3.63, 3.8) is 0 Å². The number of rotatable bonds is 8. The number of likely N-dealkylation sites (tertiary alicyclic amines) is 1. The molecule has 0 aromatic heterocycles. The van der Waals surface area contributed by atoms with Gasteiger partial charge >= 0.3 is 0 Å². The van der Waals surface area contributed by atoms with Gasteiger partial charge in [-0.1, -0.05) is 6.07 Å². The number of nitrogens with zero attached hydrogens (tertiary/aromatic N) is 1. The second-order valence-corrected chi connectivity index (χ2v) is 6.80. The Morgan fingerprint density at radius 2 is 2.23 bits per heavy atom. The number of carbonyl (C=O) groups is 1. The number of hydrogen-bond donors (Lipinski definition) is 1. The van der Waals surface area contributed by atoms with Crippen molar-refractivity contribution in [1.29, 1.82) is 0 Å². The number of amides is 1. The monoisotopic (exact) mass is 368 g/mol. The first-order chi connectivity index (χ1) is 10.6. The summed E-state index contributed by atoms with van der Waals surface area (Å²) in [6, 6.07) is 6.18. The molecule has 0 bridgehead atoms. The number of halogens is 1. The molecule has 0 radical (unpaired) electrons. The summed E-state index contributed by atoms with van der Waals surface area (Å²) in [5, 5.41) is 3.43. The van der Waals surface area contributed by atoms with E-state index in [9.17, 15) is 4.79 Å². The summed E-state index contributed by atoms with van der Waals surface area (Å²) in [5.41, 5.74) is 1.22. The van der Waals surface area contributed by atoms with Gasteiger partial charge in [0, 0.05) is 26.1 Å². The van der Waals surface area contributed by atoms with Crippen LogP contribution in [0.1, 0.15) is 38.7 Å². The molecule has 1 heterocycles. The third kappa shape index (κ3) is 5.29. The Morgan fingerprint density at radius 1 is 1.41 bits per heavy atom. The van der Waals surface area contributed by atoms with Gasteiger partial charge in [0.1, 0.15) is 5.75 Å². The molecule has 0 unspecified atom stereocenters. The SMILES string of the molecule is CC(C)Oc1ccc(CNCCCN2CCCC2=O)cc1Br. The molecule has 1 aromatic carbocycles. The van der Waals surface area contributed by atoms with E-state index in [1.807, 2.05) is 24.8 Å². The first-order valence-corrected chi connectivity index (χ1v) is 8.79. The Morgan fingerprint density at radius 3 is 2.86 bits per heavy atom. The van der Waals surface area contributed by atoms with E-state index in [1.165, 1.54) is 5.56 Å². The summed E-state index contributed by atoms with van der Waals surface area (Å²) in [6.07, 6.45) is 2.92. The summed E-state index contributed by atoms with van der Waals surface area (Å²) in [4.78, 5) is 13.5. The zero-order valence-corrected chi connectivity index (χ0v) is 15.0. The molecule has 1 aliphatic heterocycles. The smallest absolute Gasteiger partial charge is 0.222 e. The van der Waals surface area contributed by atoms with E-state index < -0.39 is 0 Å². The van der Waals surface area contributed by atoms with Crippen LogP contribution in [0.25, 0.3) is 0 Å². The van der Waals surface area contributed by atoms with E-state index in [2.05, 4.69) is 33.4 Å². The number of hydrogen-bond acceptors (Lipinski definition) is 3. The molecule has 4 nitrogen and oxygen atoms in total. The summed E-state index contributed by atoms with van der Waals surface area (Å²) in [5.74, 6) is 1.19. The lowest BCUT2D eigenvalue weighted by atomic mass is 10.2.